The monoisotopic (exact) mass is 355 g/mol. The summed E-state index contributed by atoms with van der Waals surface area (Å²) >= 11 is 0. The molecule has 0 atom stereocenters. The Kier molecular flexibility index (Phi) is 4.98. The first-order valence-electron chi connectivity index (χ1n) is 6.71. The van der Waals surface area contributed by atoms with Crippen LogP contribution >= 0.6 is 0 Å². The summed E-state index contributed by atoms with van der Waals surface area (Å²) in [5.41, 5.74) is 0.183. The number of amides is 2. The first-order valence-corrected chi connectivity index (χ1v) is 8.53. The van der Waals surface area contributed by atoms with Gasteiger partial charge in [-0.15, -0.1) is 0 Å². The lowest BCUT2D eigenvalue weighted by atomic mass is 10.1. The Bertz CT molecular complexity index is 779. The van der Waals surface area contributed by atoms with Crippen LogP contribution in [0.15, 0.2) is 24.3 Å². The molecule has 1 aromatic rings. The molecule has 0 saturated carbocycles. The number of methoxy groups -OCH3 is 1. The Balaban J connectivity index is 1.96. The first kappa shape index (κ1) is 17.6. The van der Waals surface area contributed by atoms with E-state index in [1.807, 2.05) is 0 Å². The lowest BCUT2D eigenvalue weighted by Gasteiger charge is -2.12. The number of hydroxylamine groups is 2. The van der Waals surface area contributed by atoms with Crippen molar-refractivity contribution in [3.05, 3.63) is 35.4 Å². The summed E-state index contributed by atoms with van der Waals surface area (Å²) < 4.78 is 27.4. The average Bonchev–Trinajstić information content (AvgIpc) is 2.78. The van der Waals surface area contributed by atoms with Crippen molar-refractivity contribution in [3.8, 4) is 0 Å². The van der Waals surface area contributed by atoms with Gasteiger partial charge in [0.25, 0.3) is 11.8 Å². The van der Waals surface area contributed by atoms with Crippen molar-refractivity contribution < 1.29 is 37.2 Å². The molecule has 1 heterocycles. The zero-order valence-electron chi connectivity index (χ0n) is 12.6. The van der Waals surface area contributed by atoms with Gasteiger partial charge in [0, 0.05) is 0 Å². The Morgan fingerprint density at radius 3 is 2.08 bits per heavy atom. The number of esters is 1. The van der Waals surface area contributed by atoms with E-state index in [1.54, 1.807) is 12.1 Å². The highest BCUT2D eigenvalue weighted by Gasteiger charge is 2.38. The zero-order valence-corrected chi connectivity index (χ0v) is 13.4. The predicted octanol–water partition coefficient (Wildman–Crippen LogP) is -0.281. The van der Waals surface area contributed by atoms with Crippen LogP contribution < -0.4 is 0 Å². The topological polar surface area (TPSA) is 124 Å². The minimum Gasteiger partial charge on any atom is -0.468 e. The molecule has 9 nitrogen and oxygen atoms in total. The normalized spacial score (nSPS) is 13.6. The van der Waals surface area contributed by atoms with Crippen LogP contribution in [0.1, 0.15) is 27.1 Å². The van der Waals surface area contributed by atoms with Crippen molar-refractivity contribution in [2.75, 3.05) is 18.6 Å². The van der Waals surface area contributed by atoms with Gasteiger partial charge in [-0.05, 0) is 12.1 Å². The third-order valence-corrected chi connectivity index (χ3v) is 4.63. The van der Waals surface area contributed by atoms with Crippen LogP contribution in [0.2, 0.25) is 0 Å². The molecule has 0 aliphatic carbocycles. The number of ether oxygens (including phenoxy) is 1. The molecule has 0 N–H and O–H groups in total. The fourth-order valence-electron chi connectivity index (χ4n) is 1.95. The molecule has 1 aliphatic heterocycles. The third-order valence-electron chi connectivity index (χ3n) is 3.13. The van der Waals surface area contributed by atoms with E-state index in [1.165, 1.54) is 12.1 Å². The van der Waals surface area contributed by atoms with Gasteiger partial charge in [-0.2, -0.15) is 0 Å². The molecular weight excluding hydrogens is 342 g/mol. The molecular formula is C14H13NO8S. The first-order chi connectivity index (χ1) is 11.2. The van der Waals surface area contributed by atoms with Gasteiger partial charge < -0.3 is 9.57 Å². The van der Waals surface area contributed by atoms with E-state index in [9.17, 15) is 27.6 Å². The maximum absolute atomic E-state index is 12.0. The van der Waals surface area contributed by atoms with E-state index in [-0.39, 0.29) is 11.1 Å². The minimum absolute atomic E-state index is 0.0913. The molecule has 2 rings (SSSR count). The lowest BCUT2D eigenvalue weighted by Crippen LogP contribution is -2.33. The van der Waals surface area contributed by atoms with E-state index >= 15 is 0 Å². The molecule has 0 radical (unpaired) electrons. The molecule has 0 fully saturated rings. The second kappa shape index (κ2) is 6.79. The molecule has 2 amide bonds. The number of sulfone groups is 1. The van der Waals surface area contributed by atoms with Crippen molar-refractivity contribution >= 4 is 33.6 Å². The number of hydrogen-bond acceptors (Lipinski definition) is 8. The summed E-state index contributed by atoms with van der Waals surface area (Å²) in [5, 5.41) is 0.292. The summed E-state index contributed by atoms with van der Waals surface area (Å²) in [6.07, 6.45) is -0.618. The number of hydrogen-bond donors (Lipinski definition) is 0. The van der Waals surface area contributed by atoms with E-state index in [4.69, 9.17) is 0 Å². The summed E-state index contributed by atoms with van der Waals surface area (Å²) in [4.78, 5) is 51.3. The maximum Gasteiger partial charge on any atom is 0.334 e. The molecule has 0 spiro atoms. The van der Waals surface area contributed by atoms with Crippen molar-refractivity contribution in [2.24, 2.45) is 0 Å². The van der Waals surface area contributed by atoms with Crippen LogP contribution in [0.25, 0.3) is 0 Å². The van der Waals surface area contributed by atoms with Gasteiger partial charge in [-0.3, -0.25) is 14.4 Å². The van der Waals surface area contributed by atoms with Crippen LogP contribution in [-0.4, -0.2) is 55.8 Å². The van der Waals surface area contributed by atoms with E-state index in [0.717, 1.165) is 7.11 Å². The highest BCUT2D eigenvalue weighted by Crippen LogP contribution is 2.22. The second-order valence-electron chi connectivity index (χ2n) is 4.83. The quantitative estimate of drug-likeness (QED) is 0.504. The summed E-state index contributed by atoms with van der Waals surface area (Å²) in [5.74, 6) is -5.20. The Morgan fingerprint density at radius 1 is 1.04 bits per heavy atom. The molecule has 0 bridgehead atoms. The molecule has 1 aliphatic rings. The summed E-state index contributed by atoms with van der Waals surface area (Å²) in [6, 6.07) is 5.91. The predicted molar refractivity (Wildman–Crippen MR) is 78.3 cm³/mol. The number of carbonyl (C=O) groups is 4. The number of rotatable bonds is 6. The van der Waals surface area contributed by atoms with Crippen LogP contribution in [0.5, 0.6) is 0 Å². The largest absolute Gasteiger partial charge is 0.468 e. The van der Waals surface area contributed by atoms with Crippen molar-refractivity contribution in [1.82, 2.24) is 5.06 Å². The molecule has 24 heavy (non-hydrogen) atoms. The number of carbonyl (C=O) groups excluding carboxylic acids is 4. The SMILES string of the molecule is COC(=O)CS(=O)(=O)CCC(=O)ON1C(=O)c2ccccc2C1=O. The smallest absolute Gasteiger partial charge is 0.334 e. The van der Waals surface area contributed by atoms with Crippen LogP contribution in [-0.2, 0) is 29.0 Å². The van der Waals surface area contributed by atoms with Gasteiger partial charge in [0.1, 0.15) is 5.75 Å². The van der Waals surface area contributed by atoms with Crippen molar-refractivity contribution in [1.29, 1.82) is 0 Å². The maximum atomic E-state index is 12.0. The second-order valence-corrected chi connectivity index (χ2v) is 7.02. The van der Waals surface area contributed by atoms with Gasteiger partial charge >= 0.3 is 11.9 Å². The summed E-state index contributed by atoms with van der Waals surface area (Å²) in [6.45, 7) is 0. The number of benzene rings is 1. The fourth-order valence-corrected chi connectivity index (χ4v) is 3.05. The van der Waals surface area contributed by atoms with E-state index in [2.05, 4.69) is 9.57 Å². The van der Waals surface area contributed by atoms with Gasteiger partial charge in [-0.25, -0.2) is 13.2 Å². The van der Waals surface area contributed by atoms with E-state index in [0.29, 0.717) is 5.06 Å². The Hall–Kier alpha value is -2.75. The lowest BCUT2D eigenvalue weighted by molar-refractivity contribution is -0.168. The number of fused-ring (bicyclic) bond motifs is 1. The molecule has 0 saturated heterocycles. The van der Waals surface area contributed by atoms with Gasteiger partial charge in [0.15, 0.2) is 9.84 Å². The average molecular weight is 355 g/mol. The molecule has 128 valence electrons. The van der Waals surface area contributed by atoms with Crippen LogP contribution in [0, 0.1) is 0 Å². The fraction of sp³-hybridized carbons (Fsp3) is 0.286. The Morgan fingerprint density at radius 2 is 1.58 bits per heavy atom. The van der Waals surface area contributed by atoms with Gasteiger partial charge in [0.2, 0.25) is 0 Å². The molecule has 0 unspecified atom stereocenters. The number of imide groups is 1. The highest BCUT2D eigenvalue weighted by atomic mass is 32.2. The zero-order chi connectivity index (χ0) is 17.9. The van der Waals surface area contributed by atoms with Crippen molar-refractivity contribution in [3.63, 3.8) is 0 Å². The highest BCUT2D eigenvalue weighted by molar-refractivity contribution is 7.92. The van der Waals surface area contributed by atoms with E-state index < -0.39 is 51.5 Å². The molecule has 1 aromatic carbocycles. The number of nitrogens with zero attached hydrogens (tertiary/aromatic N) is 1. The van der Waals surface area contributed by atoms with Gasteiger partial charge in [-0.1, -0.05) is 17.2 Å². The molecule has 10 heteroatoms. The van der Waals surface area contributed by atoms with Gasteiger partial charge in [0.05, 0.1) is 30.4 Å². The minimum atomic E-state index is -3.87. The van der Waals surface area contributed by atoms with Crippen LogP contribution in [0.3, 0.4) is 0 Å². The Labute approximate surface area is 137 Å². The summed E-state index contributed by atoms with van der Waals surface area (Å²) in [7, 11) is -2.83. The standard InChI is InChI=1S/C14H13NO8S/c1-22-12(17)8-24(20,21)7-6-11(16)23-15-13(18)9-4-2-3-5-10(9)14(15)19/h2-5H,6-8H2,1H3. The third kappa shape index (κ3) is 3.77. The van der Waals surface area contributed by atoms with Crippen molar-refractivity contribution in [2.45, 2.75) is 6.42 Å². The van der Waals surface area contributed by atoms with Crippen LogP contribution in [0.4, 0.5) is 0 Å². The molecule has 0 aromatic heterocycles.